The molecule has 0 saturated carbocycles. The highest BCUT2D eigenvalue weighted by Crippen LogP contribution is 2.51. The lowest BCUT2D eigenvalue weighted by atomic mass is 9.75. The molecule has 37 heavy (non-hydrogen) atoms. The summed E-state index contributed by atoms with van der Waals surface area (Å²) in [6, 6.07) is 5.09. The van der Waals surface area contributed by atoms with Crippen molar-refractivity contribution in [2.75, 3.05) is 13.7 Å². The van der Waals surface area contributed by atoms with Crippen molar-refractivity contribution in [2.45, 2.75) is 91.6 Å². The Balaban J connectivity index is 2.24. The van der Waals surface area contributed by atoms with Crippen molar-refractivity contribution in [1.29, 1.82) is 0 Å². The van der Waals surface area contributed by atoms with Gasteiger partial charge in [-0.1, -0.05) is 61.5 Å². The first-order valence-corrected chi connectivity index (χ1v) is 14.1. The number of rotatable bonds is 8. The standard InChI is InChI=1S/C30H44N2O4S/c1-19(2)13-30(25(34)15-28(3,4)5)14-21(16-33)26(23-17-37-18-31-23)32(30)27(35)20-10-11-22(29(6,7)8)24(12-20)36-9/h10-12,17-19,21,26,33H,13-16H2,1-9H3/t21-,26-,30+/m1/s1. The van der Waals surface area contributed by atoms with E-state index in [1.54, 1.807) is 23.6 Å². The van der Waals surface area contributed by atoms with E-state index in [1.807, 2.05) is 38.3 Å². The fourth-order valence-corrected chi connectivity index (χ4v) is 6.38. The largest absolute Gasteiger partial charge is 0.496 e. The van der Waals surface area contributed by atoms with E-state index < -0.39 is 11.6 Å². The van der Waals surface area contributed by atoms with Gasteiger partial charge in [0.15, 0.2) is 5.78 Å². The van der Waals surface area contributed by atoms with Gasteiger partial charge in [-0.3, -0.25) is 9.59 Å². The molecule has 0 aliphatic carbocycles. The molecule has 1 amide bonds. The van der Waals surface area contributed by atoms with Gasteiger partial charge in [-0.05, 0) is 47.3 Å². The molecule has 1 aliphatic rings. The number of nitrogens with zero attached hydrogens (tertiary/aromatic N) is 2. The molecule has 204 valence electrons. The zero-order valence-electron chi connectivity index (χ0n) is 23.9. The average Bonchev–Trinajstić information content (AvgIpc) is 3.42. The SMILES string of the molecule is COc1cc(C(=O)N2[C@@H](c3cscn3)[C@@H](CO)C[C@@]2(CC(C)C)C(=O)CC(C)(C)C)ccc1C(C)(C)C. The smallest absolute Gasteiger partial charge is 0.255 e. The number of amides is 1. The van der Waals surface area contributed by atoms with Crippen LogP contribution < -0.4 is 4.74 Å². The minimum Gasteiger partial charge on any atom is -0.496 e. The van der Waals surface area contributed by atoms with E-state index in [-0.39, 0.29) is 41.0 Å². The molecular formula is C30H44N2O4S. The van der Waals surface area contributed by atoms with Gasteiger partial charge in [0.05, 0.1) is 24.4 Å². The lowest BCUT2D eigenvalue weighted by Crippen LogP contribution is -2.55. The number of hydrogen-bond donors (Lipinski definition) is 1. The van der Waals surface area contributed by atoms with E-state index in [2.05, 4.69) is 39.6 Å². The highest BCUT2D eigenvalue weighted by atomic mass is 32.1. The summed E-state index contributed by atoms with van der Waals surface area (Å²) in [7, 11) is 1.62. The number of aliphatic hydroxyl groups is 1. The normalized spacial score (nSPS) is 22.5. The monoisotopic (exact) mass is 528 g/mol. The van der Waals surface area contributed by atoms with Crippen molar-refractivity contribution in [3.63, 3.8) is 0 Å². The number of ether oxygens (including phenoxy) is 1. The summed E-state index contributed by atoms with van der Waals surface area (Å²) >= 11 is 1.46. The molecule has 1 fully saturated rings. The maximum Gasteiger partial charge on any atom is 0.255 e. The van der Waals surface area contributed by atoms with Gasteiger partial charge < -0.3 is 14.7 Å². The molecule has 0 spiro atoms. The number of likely N-dealkylation sites (tertiary alicyclic amines) is 1. The molecule has 1 aliphatic heterocycles. The molecule has 2 heterocycles. The van der Waals surface area contributed by atoms with E-state index in [9.17, 15) is 14.7 Å². The van der Waals surface area contributed by atoms with Crippen LogP contribution in [0.3, 0.4) is 0 Å². The van der Waals surface area contributed by atoms with Gasteiger partial charge in [0.2, 0.25) is 0 Å². The Morgan fingerprint density at radius 3 is 2.38 bits per heavy atom. The van der Waals surface area contributed by atoms with Crippen molar-refractivity contribution in [1.82, 2.24) is 9.88 Å². The quantitative estimate of drug-likeness (QED) is 0.427. The molecule has 1 N–H and O–H groups in total. The van der Waals surface area contributed by atoms with Crippen LogP contribution >= 0.6 is 11.3 Å². The van der Waals surface area contributed by atoms with Gasteiger partial charge in [0.25, 0.3) is 5.91 Å². The predicted octanol–water partition coefficient (Wildman–Crippen LogP) is 6.44. The molecule has 2 aromatic rings. The number of aliphatic hydroxyl groups excluding tert-OH is 1. The van der Waals surface area contributed by atoms with Crippen LogP contribution in [0.2, 0.25) is 0 Å². The Bertz CT molecular complexity index is 1100. The molecule has 0 bridgehead atoms. The van der Waals surface area contributed by atoms with Gasteiger partial charge in [0, 0.05) is 29.9 Å². The van der Waals surface area contributed by atoms with Crippen molar-refractivity contribution in [3.05, 3.63) is 45.9 Å². The first-order valence-electron chi connectivity index (χ1n) is 13.2. The summed E-state index contributed by atoms with van der Waals surface area (Å²) in [4.78, 5) is 35.1. The lowest BCUT2D eigenvalue weighted by Gasteiger charge is -2.42. The van der Waals surface area contributed by atoms with Gasteiger partial charge >= 0.3 is 0 Å². The van der Waals surface area contributed by atoms with E-state index in [0.717, 1.165) is 11.3 Å². The van der Waals surface area contributed by atoms with Crippen LogP contribution in [-0.2, 0) is 10.2 Å². The van der Waals surface area contributed by atoms with Crippen molar-refractivity contribution < 1.29 is 19.4 Å². The molecular weight excluding hydrogens is 484 g/mol. The molecule has 3 atom stereocenters. The third-order valence-corrected chi connectivity index (χ3v) is 7.81. The number of carbonyl (C=O) groups excluding carboxylic acids is 2. The second-order valence-corrected chi connectivity index (χ2v) is 13.9. The maximum atomic E-state index is 14.5. The molecule has 1 aromatic carbocycles. The van der Waals surface area contributed by atoms with E-state index in [1.165, 1.54) is 11.3 Å². The number of ketones is 1. The van der Waals surface area contributed by atoms with Crippen LogP contribution in [0.1, 0.15) is 102 Å². The molecule has 6 nitrogen and oxygen atoms in total. The topological polar surface area (TPSA) is 79.7 Å². The van der Waals surface area contributed by atoms with Crippen molar-refractivity contribution in [3.8, 4) is 5.75 Å². The minimum absolute atomic E-state index is 0.0523. The average molecular weight is 529 g/mol. The maximum absolute atomic E-state index is 14.5. The number of Topliss-reactive ketones (excluding diaryl/α,β-unsaturated/α-hetero) is 1. The van der Waals surface area contributed by atoms with Crippen LogP contribution in [0.25, 0.3) is 0 Å². The molecule has 0 unspecified atom stereocenters. The third kappa shape index (κ3) is 6.09. The van der Waals surface area contributed by atoms with Crippen LogP contribution in [-0.4, -0.2) is 45.9 Å². The summed E-state index contributed by atoms with van der Waals surface area (Å²) in [5.41, 5.74) is 2.53. The Morgan fingerprint density at radius 1 is 1.22 bits per heavy atom. The van der Waals surface area contributed by atoms with Gasteiger partial charge in [0.1, 0.15) is 11.3 Å². The van der Waals surface area contributed by atoms with E-state index in [4.69, 9.17) is 4.74 Å². The van der Waals surface area contributed by atoms with Gasteiger partial charge in [-0.25, -0.2) is 4.98 Å². The summed E-state index contributed by atoms with van der Waals surface area (Å²) in [5.74, 6) is 0.360. The van der Waals surface area contributed by atoms with Crippen LogP contribution in [0.5, 0.6) is 5.75 Å². The lowest BCUT2D eigenvalue weighted by molar-refractivity contribution is -0.132. The fourth-order valence-electron chi connectivity index (χ4n) is 5.80. The molecule has 1 saturated heterocycles. The number of aromatic nitrogens is 1. The van der Waals surface area contributed by atoms with E-state index in [0.29, 0.717) is 30.6 Å². The summed E-state index contributed by atoms with van der Waals surface area (Å²) in [6.45, 7) is 16.5. The number of carbonyl (C=O) groups is 2. The Morgan fingerprint density at radius 2 is 1.89 bits per heavy atom. The number of thiazole rings is 1. The first kappa shape index (κ1) is 29.3. The Hall–Kier alpha value is -2.25. The fraction of sp³-hybridized carbons (Fsp3) is 0.633. The summed E-state index contributed by atoms with van der Waals surface area (Å²) in [5, 5.41) is 12.4. The highest BCUT2D eigenvalue weighted by Gasteiger charge is 2.58. The zero-order valence-corrected chi connectivity index (χ0v) is 24.7. The molecule has 3 rings (SSSR count). The number of benzene rings is 1. The van der Waals surface area contributed by atoms with Crippen LogP contribution in [0, 0.1) is 17.3 Å². The Kier molecular flexibility index (Phi) is 8.60. The predicted molar refractivity (Wildman–Crippen MR) is 149 cm³/mol. The summed E-state index contributed by atoms with van der Waals surface area (Å²) < 4.78 is 5.71. The van der Waals surface area contributed by atoms with Gasteiger partial charge in [-0.15, -0.1) is 11.3 Å². The number of methoxy groups -OCH3 is 1. The molecule has 7 heteroatoms. The van der Waals surface area contributed by atoms with E-state index >= 15 is 0 Å². The first-order chi connectivity index (χ1) is 17.1. The van der Waals surface area contributed by atoms with Crippen LogP contribution in [0.15, 0.2) is 29.1 Å². The third-order valence-electron chi connectivity index (χ3n) is 7.21. The molecule has 1 aromatic heterocycles. The minimum atomic E-state index is -1.03. The van der Waals surface area contributed by atoms with Crippen LogP contribution in [0.4, 0.5) is 0 Å². The molecule has 0 radical (unpaired) electrons. The van der Waals surface area contributed by atoms with Crippen molar-refractivity contribution in [2.24, 2.45) is 17.3 Å². The number of hydrogen-bond acceptors (Lipinski definition) is 6. The second-order valence-electron chi connectivity index (χ2n) is 13.1. The second kappa shape index (κ2) is 10.9. The summed E-state index contributed by atoms with van der Waals surface area (Å²) in [6.07, 6.45) is 1.29. The van der Waals surface area contributed by atoms with Crippen molar-refractivity contribution >= 4 is 23.0 Å². The highest BCUT2D eigenvalue weighted by molar-refractivity contribution is 7.07. The Labute approximate surface area is 226 Å². The zero-order chi connectivity index (χ0) is 27.8. The van der Waals surface area contributed by atoms with Gasteiger partial charge in [-0.2, -0.15) is 0 Å².